The van der Waals surface area contributed by atoms with Gasteiger partial charge in [0.25, 0.3) is 0 Å². The molecule has 2 rings (SSSR count). The lowest BCUT2D eigenvalue weighted by Gasteiger charge is -2.07. The number of rotatable bonds is 1. The lowest BCUT2D eigenvalue weighted by molar-refractivity contribution is 0.509. The Morgan fingerprint density at radius 1 is 0.944 bits per heavy atom. The number of nitrogens with zero attached hydrogens (tertiary/aromatic N) is 1. The fourth-order valence-electron chi connectivity index (χ4n) is 1.68. The first kappa shape index (κ1) is 12.2. The topological polar surface area (TPSA) is 23.8 Å². The Morgan fingerprint density at radius 3 is 2.28 bits per heavy atom. The number of aryl methyl sites for hydroxylation is 1. The van der Waals surface area contributed by atoms with Crippen LogP contribution in [0.2, 0.25) is 0 Å². The summed E-state index contributed by atoms with van der Waals surface area (Å²) in [5.74, 6) is -2.50. The van der Waals surface area contributed by atoms with E-state index in [2.05, 4.69) is 0 Å². The summed E-state index contributed by atoms with van der Waals surface area (Å²) in [6.07, 6.45) is 0. The van der Waals surface area contributed by atoms with Crippen LogP contribution in [0.5, 0.6) is 0 Å². The Kier molecular flexibility index (Phi) is 3.07. The van der Waals surface area contributed by atoms with Crippen molar-refractivity contribution in [3.63, 3.8) is 0 Å². The summed E-state index contributed by atoms with van der Waals surface area (Å²) in [5, 5.41) is 8.98. The SMILES string of the molecule is Cc1cc(C#N)c(-c2ccc(F)c(F)c2)cc1F. The van der Waals surface area contributed by atoms with Crippen molar-refractivity contribution in [3.05, 3.63) is 58.9 Å². The van der Waals surface area contributed by atoms with E-state index in [4.69, 9.17) is 5.26 Å². The van der Waals surface area contributed by atoms with Crippen LogP contribution in [0.25, 0.3) is 11.1 Å². The average molecular weight is 247 g/mol. The van der Waals surface area contributed by atoms with E-state index in [1.165, 1.54) is 19.1 Å². The molecule has 18 heavy (non-hydrogen) atoms. The van der Waals surface area contributed by atoms with Gasteiger partial charge in [0.05, 0.1) is 11.6 Å². The van der Waals surface area contributed by atoms with Crippen LogP contribution in [0.3, 0.4) is 0 Å². The van der Waals surface area contributed by atoms with Crippen LogP contribution < -0.4 is 0 Å². The fourth-order valence-corrected chi connectivity index (χ4v) is 1.68. The largest absolute Gasteiger partial charge is 0.207 e. The minimum absolute atomic E-state index is 0.222. The van der Waals surface area contributed by atoms with Gasteiger partial charge in [-0.1, -0.05) is 6.07 Å². The summed E-state index contributed by atoms with van der Waals surface area (Å²) >= 11 is 0. The lowest BCUT2D eigenvalue weighted by Crippen LogP contribution is -1.92. The van der Waals surface area contributed by atoms with Crippen LogP contribution in [0.15, 0.2) is 30.3 Å². The Labute approximate surface area is 102 Å². The van der Waals surface area contributed by atoms with Gasteiger partial charge in [0.1, 0.15) is 5.82 Å². The zero-order valence-electron chi connectivity index (χ0n) is 9.47. The third-order valence-electron chi connectivity index (χ3n) is 2.65. The molecular weight excluding hydrogens is 239 g/mol. The summed E-state index contributed by atoms with van der Waals surface area (Å²) in [7, 11) is 0. The minimum atomic E-state index is -1.03. The van der Waals surface area contributed by atoms with Crippen LogP contribution in [0, 0.1) is 35.7 Å². The molecule has 0 saturated carbocycles. The van der Waals surface area contributed by atoms with Gasteiger partial charge in [-0.25, -0.2) is 13.2 Å². The lowest BCUT2D eigenvalue weighted by atomic mass is 9.98. The second-order valence-corrected chi connectivity index (χ2v) is 3.89. The van der Waals surface area contributed by atoms with Crippen molar-refractivity contribution in [2.75, 3.05) is 0 Å². The molecule has 0 saturated heterocycles. The highest BCUT2D eigenvalue weighted by Gasteiger charge is 2.11. The van der Waals surface area contributed by atoms with E-state index < -0.39 is 17.5 Å². The van der Waals surface area contributed by atoms with Gasteiger partial charge >= 0.3 is 0 Å². The summed E-state index contributed by atoms with van der Waals surface area (Å²) in [5.41, 5.74) is 1.07. The monoisotopic (exact) mass is 247 g/mol. The van der Waals surface area contributed by atoms with Crippen molar-refractivity contribution in [1.82, 2.24) is 0 Å². The van der Waals surface area contributed by atoms with E-state index in [1.54, 1.807) is 0 Å². The normalized spacial score (nSPS) is 10.2. The van der Waals surface area contributed by atoms with Gasteiger partial charge in [-0.2, -0.15) is 5.26 Å². The molecule has 4 heteroatoms. The van der Waals surface area contributed by atoms with Crippen molar-refractivity contribution >= 4 is 0 Å². The van der Waals surface area contributed by atoms with E-state index in [9.17, 15) is 13.2 Å². The first-order valence-corrected chi connectivity index (χ1v) is 5.18. The molecule has 0 heterocycles. The van der Waals surface area contributed by atoms with Gasteiger partial charge in [0.15, 0.2) is 11.6 Å². The Balaban J connectivity index is 2.67. The molecule has 90 valence electrons. The molecule has 0 atom stereocenters. The summed E-state index contributed by atoms with van der Waals surface area (Å²) in [4.78, 5) is 0. The van der Waals surface area contributed by atoms with Crippen molar-refractivity contribution in [3.8, 4) is 17.2 Å². The standard InChI is InChI=1S/C14H8F3N/c1-8-4-10(7-18)11(6-13(8)16)9-2-3-12(15)14(17)5-9/h2-6H,1H3. The number of halogens is 3. The molecule has 0 bridgehead atoms. The zero-order valence-corrected chi connectivity index (χ0v) is 9.47. The summed E-state index contributed by atoms with van der Waals surface area (Å²) < 4.78 is 39.4. The molecule has 0 amide bonds. The summed E-state index contributed by atoms with van der Waals surface area (Å²) in [6, 6.07) is 7.65. The zero-order chi connectivity index (χ0) is 13.3. The number of nitriles is 1. The highest BCUT2D eigenvalue weighted by molar-refractivity contribution is 5.71. The molecule has 0 unspecified atom stereocenters. The molecular formula is C14H8F3N. The fraction of sp³-hybridized carbons (Fsp3) is 0.0714. The average Bonchev–Trinajstić information content (AvgIpc) is 2.35. The molecule has 0 N–H and O–H groups in total. The highest BCUT2D eigenvalue weighted by Crippen LogP contribution is 2.27. The maximum atomic E-state index is 13.5. The van der Waals surface area contributed by atoms with Gasteiger partial charge < -0.3 is 0 Å². The van der Waals surface area contributed by atoms with Crippen LogP contribution in [0.1, 0.15) is 11.1 Å². The van der Waals surface area contributed by atoms with Gasteiger partial charge in [0, 0.05) is 5.56 Å². The van der Waals surface area contributed by atoms with E-state index in [0.717, 1.165) is 18.2 Å². The maximum absolute atomic E-state index is 13.5. The minimum Gasteiger partial charge on any atom is -0.207 e. The van der Waals surface area contributed by atoms with Crippen LogP contribution in [-0.4, -0.2) is 0 Å². The van der Waals surface area contributed by atoms with Crippen molar-refractivity contribution in [2.24, 2.45) is 0 Å². The van der Waals surface area contributed by atoms with Crippen molar-refractivity contribution in [2.45, 2.75) is 6.92 Å². The predicted octanol–water partition coefficient (Wildman–Crippen LogP) is 3.95. The van der Waals surface area contributed by atoms with E-state index >= 15 is 0 Å². The molecule has 0 aliphatic carbocycles. The van der Waals surface area contributed by atoms with Gasteiger partial charge in [-0.15, -0.1) is 0 Å². The first-order chi connectivity index (χ1) is 8.52. The Hall–Kier alpha value is -2.28. The van der Waals surface area contributed by atoms with Gasteiger partial charge in [0.2, 0.25) is 0 Å². The summed E-state index contributed by atoms with van der Waals surface area (Å²) in [6.45, 7) is 1.53. The molecule has 0 aliphatic rings. The molecule has 1 nitrogen and oxygen atoms in total. The maximum Gasteiger partial charge on any atom is 0.159 e. The molecule has 2 aromatic carbocycles. The molecule has 0 aromatic heterocycles. The van der Waals surface area contributed by atoms with Gasteiger partial charge in [-0.3, -0.25) is 0 Å². The first-order valence-electron chi connectivity index (χ1n) is 5.18. The molecule has 0 spiro atoms. The van der Waals surface area contributed by atoms with Gasteiger partial charge in [-0.05, 0) is 42.3 Å². The number of hydrogen-bond donors (Lipinski definition) is 0. The van der Waals surface area contributed by atoms with E-state index in [1.807, 2.05) is 6.07 Å². The Bertz CT molecular complexity index is 657. The third kappa shape index (κ3) is 2.07. The number of benzene rings is 2. The van der Waals surface area contributed by atoms with Crippen LogP contribution in [-0.2, 0) is 0 Å². The quantitative estimate of drug-likeness (QED) is 0.748. The second-order valence-electron chi connectivity index (χ2n) is 3.89. The molecule has 0 aliphatic heterocycles. The molecule has 2 aromatic rings. The smallest absolute Gasteiger partial charge is 0.159 e. The second kappa shape index (κ2) is 4.53. The predicted molar refractivity (Wildman–Crippen MR) is 61.2 cm³/mol. The van der Waals surface area contributed by atoms with E-state index in [0.29, 0.717) is 5.56 Å². The van der Waals surface area contributed by atoms with Crippen LogP contribution >= 0.6 is 0 Å². The molecule has 0 fully saturated rings. The van der Waals surface area contributed by atoms with Crippen molar-refractivity contribution < 1.29 is 13.2 Å². The third-order valence-corrected chi connectivity index (χ3v) is 2.65. The highest BCUT2D eigenvalue weighted by atomic mass is 19.2. The van der Waals surface area contributed by atoms with E-state index in [-0.39, 0.29) is 16.7 Å². The van der Waals surface area contributed by atoms with Crippen molar-refractivity contribution in [1.29, 1.82) is 5.26 Å². The van der Waals surface area contributed by atoms with Crippen LogP contribution in [0.4, 0.5) is 13.2 Å². The molecule has 0 radical (unpaired) electrons. The Morgan fingerprint density at radius 2 is 1.67 bits per heavy atom. The number of hydrogen-bond acceptors (Lipinski definition) is 1.